The minimum absolute atomic E-state index is 0.0189. The van der Waals surface area contributed by atoms with Gasteiger partial charge in [-0.3, -0.25) is 20.2 Å². The van der Waals surface area contributed by atoms with E-state index >= 15 is 0 Å². The monoisotopic (exact) mass is 417 g/mol. The Morgan fingerprint density at radius 3 is 2.65 bits per heavy atom. The highest BCUT2D eigenvalue weighted by molar-refractivity contribution is 9.10. The van der Waals surface area contributed by atoms with E-state index in [0.717, 1.165) is 4.47 Å². The molecule has 26 heavy (non-hydrogen) atoms. The topological polar surface area (TPSA) is 111 Å². The van der Waals surface area contributed by atoms with Crippen molar-refractivity contribution in [2.24, 2.45) is 0 Å². The average molecular weight is 418 g/mol. The first-order valence-electron chi connectivity index (χ1n) is 7.42. The molecule has 1 saturated heterocycles. The third-order valence-corrected chi connectivity index (χ3v) is 4.00. The highest BCUT2D eigenvalue weighted by atomic mass is 79.9. The molecule has 1 heterocycles. The lowest BCUT2D eigenvalue weighted by Gasteiger charge is -2.10. The van der Waals surface area contributed by atoms with Gasteiger partial charge >= 0.3 is 6.03 Å². The maximum atomic E-state index is 11.7. The zero-order chi connectivity index (χ0) is 18.7. The van der Waals surface area contributed by atoms with Crippen LogP contribution in [-0.2, 0) is 11.4 Å². The number of halogens is 1. The Morgan fingerprint density at radius 2 is 1.96 bits per heavy atom. The fraction of sp³-hybridized carbons (Fsp3) is 0.0588. The molecule has 0 spiro atoms. The van der Waals surface area contributed by atoms with Crippen LogP contribution in [-0.4, -0.2) is 16.9 Å². The summed E-state index contributed by atoms with van der Waals surface area (Å²) in [6, 6.07) is 10.7. The van der Waals surface area contributed by atoms with Gasteiger partial charge in [-0.25, -0.2) is 4.79 Å². The molecule has 2 aromatic carbocycles. The number of ether oxygens (including phenoxy) is 1. The van der Waals surface area contributed by atoms with Crippen molar-refractivity contribution in [1.82, 2.24) is 10.6 Å². The Kier molecular flexibility index (Phi) is 4.99. The molecule has 3 amide bonds. The molecule has 0 saturated carbocycles. The molecule has 0 radical (unpaired) electrons. The number of carbonyl (C=O) groups is 2. The third kappa shape index (κ3) is 4.06. The van der Waals surface area contributed by atoms with Gasteiger partial charge in [0.2, 0.25) is 0 Å². The zero-order valence-corrected chi connectivity index (χ0v) is 14.8. The Morgan fingerprint density at radius 1 is 1.15 bits per heavy atom. The number of amides is 3. The molecule has 3 rings (SSSR count). The highest BCUT2D eigenvalue weighted by Crippen LogP contribution is 2.27. The van der Waals surface area contributed by atoms with Gasteiger partial charge in [0.05, 0.1) is 4.92 Å². The number of non-ortho nitro benzene ring substituents is 1. The number of urea groups is 1. The molecular weight excluding hydrogens is 406 g/mol. The van der Waals surface area contributed by atoms with Crippen LogP contribution in [0.1, 0.15) is 11.1 Å². The van der Waals surface area contributed by atoms with E-state index in [0.29, 0.717) is 16.9 Å². The number of rotatable bonds is 5. The van der Waals surface area contributed by atoms with E-state index in [2.05, 4.69) is 26.6 Å². The maximum Gasteiger partial charge on any atom is 0.326 e. The normalized spacial score (nSPS) is 14.9. The second-order valence-corrected chi connectivity index (χ2v) is 6.28. The third-order valence-electron chi connectivity index (χ3n) is 3.51. The van der Waals surface area contributed by atoms with E-state index in [1.165, 1.54) is 18.2 Å². The molecule has 0 bridgehead atoms. The van der Waals surface area contributed by atoms with Crippen LogP contribution in [0.25, 0.3) is 6.08 Å². The van der Waals surface area contributed by atoms with E-state index in [9.17, 15) is 19.7 Å². The van der Waals surface area contributed by atoms with Gasteiger partial charge in [-0.05, 0) is 29.8 Å². The van der Waals surface area contributed by atoms with Gasteiger partial charge in [0, 0.05) is 22.2 Å². The molecule has 1 aliphatic heterocycles. The van der Waals surface area contributed by atoms with Crippen molar-refractivity contribution >= 4 is 39.6 Å². The van der Waals surface area contributed by atoms with Crippen LogP contribution in [0.5, 0.6) is 5.75 Å². The lowest BCUT2D eigenvalue weighted by atomic mass is 10.1. The van der Waals surface area contributed by atoms with E-state index in [1.807, 2.05) is 0 Å². The number of carbonyl (C=O) groups excluding carboxylic acids is 2. The van der Waals surface area contributed by atoms with Crippen molar-refractivity contribution in [3.63, 3.8) is 0 Å². The summed E-state index contributed by atoms with van der Waals surface area (Å²) in [5, 5.41) is 15.4. The van der Waals surface area contributed by atoms with Crippen molar-refractivity contribution in [3.05, 3.63) is 73.9 Å². The predicted molar refractivity (Wildman–Crippen MR) is 96.2 cm³/mol. The highest BCUT2D eigenvalue weighted by Gasteiger charge is 2.23. The van der Waals surface area contributed by atoms with Gasteiger partial charge < -0.3 is 10.1 Å². The summed E-state index contributed by atoms with van der Waals surface area (Å²) in [4.78, 5) is 33.3. The average Bonchev–Trinajstić information content (AvgIpc) is 2.91. The maximum absolute atomic E-state index is 11.7. The number of nitro benzene ring substituents is 1. The second-order valence-electron chi connectivity index (χ2n) is 5.36. The van der Waals surface area contributed by atoms with Crippen LogP contribution in [0.15, 0.2) is 52.6 Å². The molecule has 8 nitrogen and oxygen atoms in total. The smallest absolute Gasteiger partial charge is 0.326 e. The second kappa shape index (κ2) is 7.36. The largest absolute Gasteiger partial charge is 0.488 e. The number of hydrogen-bond donors (Lipinski definition) is 2. The van der Waals surface area contributed by atoms with Gasteiger partial charge in [0.25, 0.3) is 11.6 Å². The first kappa shape index (κ1) is 17.6. The molecule has 0 aromatic heterocycles. The number of nitro groups is 1. The van der Waals surface area contributed by atoms with Gasteiger partial charge in [-0.1, -0.05) is 28.1 Å². The Balaban J connectivity index is 1.83. The van der Waals surface area contributed by atoms with E-state index in [4.69, 9.17) is 4.74 Å². The van der Waals surface area contributed by atoms with E-state index < -0.39 is 16.9 Å². The quantitative estimate of drug-likeness (QED) is 0.336. The number of hydrogen-bond acceptors (Lipinski definition) is 5. The lowest BCUT2D eigenvalue weighted by Crippen LogP contribution is -2.22. The number of benzene rings is 2. The van der Waals surface area contributed by atoms with Crippen LogP contribution < -0.4 is 15.4 Å². The molecule has 1 aliphatic rings. The molecular formula is C17H12BrN3O5. The van der Waals surface area contributed by atoms with E-state index in [-0.39, 0.29) is 18.0 Å². The lowest BCUT2D eigenvalue weighted by molar-refractivity contribution is -0.384. The summed E-state index contributed by atoms with van der Waals surface area (Å²) in [5.41, 5.74) is 1.28. The van der Waals surface area contributed by atoms with Crippen LogP contribution in [0.2, 0.25) is 0 Å². The summed E-state index contributed by atoms with van der Waals surface area (Å²) >= 11 is 3.35. The predicted octanol–water partition coefficient (Wildman–Crippen LogP) is 3.12. The molecule has 0 aliphatic carbocycles. The first-order chi connectivity index (χ1) is 12.4. The summed E-state index contributed by atoms with van der Waals surface area (Å²) in [5.74, 6) is -0.0687. The van der Waals surface area contributed by atoms with Gasteiger partial charge in [-0.15, -0.1) is 0 Å². The van der Waals surface area contributed by atoms with Gasteiger partial charge in [0.15, 0.2) is 0 Å². The van der Waals surface area contributed by atoms with Gasteiger partial charge in [-0.2, -0.15) is 0 Å². The van der Waals surface area contributed by atoms with Crippen molar-refractivity contribution in [1.29, 1.82) is 0 Å². The first-order valence-corrected chi connectivity index (χ1v) is 8.21. The molecule has 1 fully saturated rings. The summed E-state index contributed by atoms with van der Waals surface area (Å²) in [7, 11) is 0. The van der Waals surface area contributed by atoms with Crippen LogP contribution >= 0.6 is 15.9 Å². The number of imide groups is 1. The van der Waals surface area contributed by atoms with E-state index in [1.54, 1.807) is 30.3 Å². The summed E-state index contributed by atoms with van der Waals surface area (Å²) in [6.07, 6.45) is 1.49. The van der Waals surface area contributed by atoms with Crippen LogP contribution in [0.4, 0.5) is 10.5 Å². The molecule has 0 unspecified atom stereocenters. The SMILES string of the molecule is O=C1NC(=O)/C(=C\c2cc(Br)ccc2OCc2cccc([N+](=O)[O-])c2)N1. The number of nitrogens with zero attached hydrogens (tertiary/aromatic N) is 1. The summed E-state index contributed by atoms with van der Waals surface area (Å²) < 4.78 is 6.51. The Labute approximate surface area is 156 Å². The molecule has 2 N–H and O–H groups in total. The fourth-order valence-electron chi connectivity index (χ4n) is 2.32. The number of nitrogens with one attached hydrogen (secondary N) is 2. The molecule has 2 aromatic rings. The van der Waals surface area contributed by atoms with Crippen molar-refractivity contribution < 1.29 is 19.2 Å². The van der Waals surface area contributed by atoms with Crippen LogP contribution in [0.3, 0.4) is 0 Å². The standard InChI is InChI=1S/C17H12BrN3O5/c18-12-4-5-15(11(7-12)8-14-16(22)20-17(23)19-14)26-9-10-2-1-3-13(6-10)21(24)25/h1-8H,9H2,(H2,19,20,22,23)/b14-8+. The van der Waals surface area contributed by atoms with Crippen molar-refractivity contribution in [2.75, 3.05) is 0 Å². The Bertz CT molecular complexity index is 942. The molecule has 0 atom stereocenters. The summed E-state index contributed by atoms with van der Waals surface area (Å²) in [6.45, 7) is 0.109. The zero-order valence-electron chi connectivity index (χ0n) is 13.2. The molecule has 132 valence electrons. The van der Waals surface area contributed by atoms with Gasteiger partial charge in [0.1, 0.15) is 18.1 Å². The van der Waals surface area contributed by atoms with Crippen molar-refractivity contribution in [3.8, 4) is 5.75 Å². The Hall–Kier alpha value is -3.20. The minimum Gasteiger partial charge on any atom is -0.488 e. The van der Waals surface area contributed by atoms with Crippen molar-refractivity contribution in [2.45, 2.75) is 6.61 Å². The minimum atomic E-state index is -0.588. The fourth-order valence-corrected chi connectivity index (χ4v) is 2.70. The van der Waals surface area contributed by atoms with Crippen LogP contribution in [0, 0.1) is 10.1 Å². The molecule has 9 heteroatoms.